The SMILES string of the molecule is CN(C)c1c(-c2ccc(Cl)cc2)sc2ccccc12. The maximum absolute atomic E-state index is 5.97. The van der Waals surface area contributed by atoms with E-state index in [1.165, 1.54) is 26.2 Å². The van der Waals surface area contributed by atoms with Gasteiger partial charge >= 0.3 is 0 Å². The van der Waals surface area contributed by atoms with Gasteiger partial charge in [0, 0.05) is 29.2 Å². The minimum Gasteiger partial charge on any atom is -0.376 e. The first kappa shape index (κ1) is 12.5. The van der Waals surface area contributed by atoms with Crippen molar-refractivity contribution in [3.05, 3.63) is 53.6 Å². The van der Waals surface area contributed by atoms with E-state index in [0.717, 1.165) is 5.02 Å². The van der Waals surface area contributed by atoms with E-state index in [4.69, 9.17) is 11.6 Å². The third-order valence-corrected chi connectivity index (χ3v) is 4.58. The van der Waals surface area contributed by atoms with Crippen LogP contribution in [0.3, 0.4) is 0 Å². The highest BCUT2D eigenvalue weighted by atomic mass is 35.5. The molecule has 0 unspecified atom stereocenters. The molecule has 0 aliphatic heterocycles. The van der Waals surface area contributed by atoms with E-state index in [9.17, 15) is 0 Å². The summed E-state index contributed by atoms with van der Waals surface area (Å²) in [5.41, 5.74) is 2.50. The standard InChI is InChI=1S/C16H14ClNS/c1-18(2)15-13-5-3-4-6-14(13)19-16(15)11-7-9-12(17)10-8-11/h3-10H,1-2H3. The van der Waals surface area contributed by atoms with Crippen LogP contribution in [0.1, 0.15) is 0 Å². The number of anilines is 1. The Balaban J connectivity index is 2.28. The monoisotopic (exact) mass is 287 g/mol. The van der Waals surface area contributed by atoms with Gasteiger partial charge < -0.3 is 4.90 Å². The lowest BCUT2D eigenvalue weighted by Crippen LogP contribution is -2.08. The molecule has 0 amide bonds. The summed E-state index contributed by atoms with van der Waals surface area (Å²) in [6, 6.07) is 16.6. The van der Waals surface area contributed by atoms with Crippen LogP contribution < -0.4 is 4.90 Å². The smallest absolute Gasteiger partial charge is 0.0630 e. The Kier molecular flexibility index (Phi) is 3.21. The summed E-state index contributed by atoms with van der Waals surface area (Å²) in [5.74, 6) is 0. The van der Waals surface area contributed by atoms with Crippen LogP contribution in [0.25, 0.3) is 20.5 Å². The van der Waals surface area contributed by atoms with E-state index >= 15 is 0 Å². The molecule has 0 atom stereocenters. The second-order valence-electron chi connectivity index (χ2n) is 4.68. The van der Waals surface area contributed by atoms with Crippen LogP contribution in [-0.4, -0.2) is 14.1 Å². The molecular formula is C16H14ClNS. The fourth-order valence-corrected chi connectivity index (χ4v) is 3.68. The van der Waals surface area contributed by atoms with Crippen molar-refractivity contribution in [2.75, 3.05) is 19.0 Å². The number of nitrogens with zero attached hydrogens (tertiary/aromatic N) is 1. The van der Waals surface area contributed by atoms with Gasteiger partial charge in [0.25, 0.3) is 0 Å². The first-order valence-electron chi connectivity index (χ1n) is 6.11. The summed E-state index contributed by atoms with van der Waals surface area (Å²) in [5, 5.41) is 2.08. The van der Waals surface area contributed by atoms with E-state index < -0.39 is 0 Å². The molecule has 0 spiro atoms. The Bertz CT molecular complexity index is 713. The largest absolute Gasteiger partial charge is 0.376 e. The minimum atomic E-state index is 0.774. The molecule has 0 fully saturated rings. The molecule has 96 valence electrons. The fourth-order valence-electron chi connectivity index (χ4n) is 2.27. The van der Waals surface area contributed by atoms with Crippen molar-refractivity contribution < 1.29 is 0 Å². The minimum absolute atomic E-state index is 0.774. The summed E-state index contributed by atoms with van der Waals surface area (Å²) < 4.78 is 1.32. The lowest BCUT2D eigenvalue weighted by atomic mass is 10.1. The number of benzene rings is 2. The van der Waals surface area contributed by atoms with Gasteiger partial charge in [0.1, 0.15) is 0 Å². The van der Waals surface area contributed by atoms with Crippen LogP contribution in [0.2, 0.25) is 5.02 Å². The summed E-state index contributed by atoms with van der Waals surface area (Å²) >= 11 is 7.80. The first-order chi connectivity index (χ1) is 9.16. The van der Waals surface area contributed by atoms with Gasteiger partial charge in [0.15, 0.2) is 0 Å². The molecule has 0 bridgehead atoms. The average Bonchev–Trinajstić information content (AvgIpc) is 2.78. The normalized spacial score (nSPS) is 10.9. The van der Waals surface area contributed by atoms with Crippen LogP contribution >= 0.6 is 22.9 Å². The van der Waals surface area contributed by atoms with Crippen LogP contribution in [0.5, 0.6) is 0 Å². The number of fused-ring (bicyclic) bond motifs is 1. The van der Waals surface area contributed by atoms with Gasteiger partial charge in [-0.3, -0.25) is 0 Å². The van der Waals surface area contributed by atoms with Crippen LogP contribution in [0.4, 0.5) is 5.69 Å². The van der Waals surface area contributed by atoms with E-state index in [-0.39, 0.29) is 0 Å². The highest BCUT2D eigenvalue weighted by Crippen LogP contribution is 2.43. The van der Waals surface area contributed by atoms with Crippen molar-refractivity contribution >= 4 is 38.7 Å². The molecule has 1 heterocycles. The predicted octanol–water partition coefficient (Wildman–Crippen LogP) is 5.29. The van der Waals surface area contributed by atoms with E-state index in [1.54, 1.807) is 0 Å². The molecule has 0 aliphatic rings. The average molecular weight is 288 g/mol. The number of hydrogen-bond donors (Lipinski definition) is 0. The zero-order valence-corrected chi connectivity index (χ0v) is 12.4. The Hall–Kier alpha value is -1.51. The van der Waals surface area contributed by atoms with Crippen molar-refractivity contribution in [3.63, 3.8) is 0 Å². The first-order valence-corrected chi connectivity index (χ1v) is 7.31. The van der Waals surface area contributed by atoms with Crippen molar-refractivity contribution in [2.45, 2.75) is 0 Å². The predicted molar refractivity (Wildman–Crippen MR) is 86.6 cm³/mol. The topological polar surface area (TPSA) is 3.24 Å². The van der Waals surface area contributed by atoms with Gasteiger partial charge in [-0.15, -0.1) is 11.3 Å². The molecule has 19 heavy (non-hydrogen) atoms. The quantitative estimate of drug-likeness (QED) is 0.619. The molecule has 0 radical (unpaired) electrons. The Morgan fingerprint density at radius 2 is 1.63 bits per heavy atom. The maximum Gasteiger partial charge on any atom is 0.0630 e. The highest BCUT2D eigenvalue weighted by molar-refractivity contribution is 7.23. The Morgan fingerprint density at radius 1 is 0.947 bits per heavy atom. The molecule has 3 aromatic rings. The van der Waals surface area contributed by atoms with Gasteiger partial charge in [-0.1, -0.05) is 41.9 Å². The second kappa shape index (κ2) is 4.87. The van der Waals surface area contributed by atoms with E-state index in [1.807, 2.05) is 23.5 Å². The lowest BCUT2D eigenvalue weighted by molar-refractivity contribution is 1.15. The zero-order valence-electron chi connectivity index (χ0n) is 10.9. The molecule has 1 aromatic heterocycles. The molecular weight excluding hydrogens is 274 g/mol. The van der Waals surface area contributed by atoms with Gasteiger partial charge in [0.2, 0.25) is 0 Å². The number of halogens is 1. The van der Waals surface area contributed by atoms with Gasteiger partial charge in [-0.05, 0) is 23.8 Å². The number of rotatable bonds is 2. The summed E-state index contributed by atoms with van der Waals surface area (Å²) in [4.78, 5) is 3.48. The molecule has 0 N–H and O–H groups in total. The summed E-state index contributed by atoms with van der Waals surface area (Å²) in [7, 11) is 4.18. The molecule has 1 nitrogen and oxygen atoms in total. The molecule has 3 heteroatoms. The van der Waals surface area contributed by atoms with E-state index in [0.29, 0.717) is 0 Å². The van der Waals surface area contributed by atoms with Crippen molar-refractivity contribution in [3.8, 4) is 10.4 Å². The van der Waals surface area contributed by atoms with Crippen LogP contribution in [-0.2, 0) is 0 Å². The number of hydrogen-bond acceptors (Lipinski definition) is 2. The van der Waals surface area contributed by atoms with Crippen LogP contribution in [0, 0.1) is 0 Å². The molecule has 2 aromatic carbocycles. The number of thiophene rings is 1. The van der Waals surface area contributed by atoms with Gasteiger partial charge in [-0.25, -0.2) is 0 Å². The second-order valence-corrected chi connectivity index (χ2v) is 6.17. The van der Waals surface area contributed by atoms with Gasteiger partial charge in [-0.2, -0.15) is 0 Å². The van der Waals surface area contributed by atoms with Crippen LogP contribution in [0.15, 0.2) is 48.5 Å². The molecule has 0 saturated heterocycles. The van der Waals surface area contributed by atoms with Crippen molar-refractivity contribution in [1.29, 1.82) is 0 Å². The molecule has 0 aliphatic carbocycles. The summed E-state index contributed by atoms with van der Waals surface area (Å²) in [6.45, 7) is 0. The molecule has 0 saturated carbocycles. The zero-order chi connectivity index (χ0) is 13.4. The highest BCUT2D eigenvalue weighted by Gasteiger charge is 2.14. The van der Waals surface area contributed by atoms with Crippen molar-refractivity contribution in [2.24, 2.45) is 0 Å². The molecule has 3 rings (SSSR count). The Labute approximate surface area is 122 Å². The van der Waals surface area contributed by atoms with E-state index in [2.05, 4.69) is 55.4 Å². The van der Waals surface area contributed by atoms with Crippen molar-refractivity contribution in [1.82, 2.24) is 0 Å². The third-order valence-electron chi connectivity index (χ3n) is 3.12. The van der Waals surface area contributed by atoms with Gasteiger partial charge in [0.05, 0.1) is 10.6 Å². The fraction of sp³-hybridized carbons (Fsp3) is 0.125. The summed E-state index contributed by atoms with van der Waals surface area (Å²) in [6.07, 6.45) is 0. The third kappa shape index (κ3) is 2.22. The lowest BCUT2D eigenvalue weighted by Gasteiger charge is -2.14. The Morgan fingerprint density at radius 3 is 2.32 bits per heavy atom. The maximum atomic E-state index is 5.97.